The second kappa shape index (κ2) is 8.17. The average molecular weight is 441 g/mol. The predicted molar refractivity (Wildman–Crippen MR) is 113 cm³/mol. The summed E-state index contributed by atoms with van der Waals surface area (Å²) in [6, 6.07) is 1.61. The second-order valence-corrected chi connectivity index (χ2v) is 10.5. The van der Waals surface area contributed by atoms with Gasteiger partial charge in [-0.3, -0.25) is 4.79 Å². The number of thiazole rings is 1. The SMILES string of the molecule is CCC(C)(C)NS(=O)(=O)c1cc(-c2nc(C)c(C(=O)N3CCOCC3)s2)n(C)c1. The molecule has 1 amide bonds. The number of hydrogen-bond acceptors (Lipinski definition) is 6. The van der Waals surface area contributed by atoms with E-state index in [-0.39, 0.29) is 10.8 Å². The van der Waals surface area contributed by atoms with Gasteiger partial charge >= 0.3 is 0 Å². The number of ether oxygens (including phenoxy) is 1. The number of morpholine rings is 1. The van der Waals surface area contributed by atoms with E-state index in [4.69, 9.17) is 4.74 Å². The van der Waals surface area contributed by atoms with Crippen LogP contribution in [0.15, 0.2) is 17.2 Å². The number of aryl methyl sites for hydroxylation is 2. The zero-order valence-corrected chi connectivity index (χ0v) is 19.1. The number of carbonyl (C=O) groups is 1. The van der Waals surface area contributed by atoms with E-state index in [0.717, 1.165) is 0 Å². The summed E-state index contributed by atoms with van der Waals surface area (Å²) in [6.07, 6.45) is 2.24. The predicted octanol–water partition coefficient (Wildman–Crippen LogP) is 2.40. The van der Waals surface area contributed by atoms with Crippen LogP contribution in [0.5, 0.6) is 0 Å². The van der Waals surface area contributed by atoms with Crippen molar-refractivity contribution in [3.8, 4) is 10.7 Å². The van der Waals surface area contributed by atoms with Crippen molar-refractivity contribution >= 4 is 27.3 Å². The molecule has 1 fully saturated rings. The highest BCUT2D eigenvalue weighted by molar-refractivity contribution is 7.89. The van der Waals surface area contributed by atoms with E-state index in [0.29, 0.717) is 54.0 Å². The van der Waals surface area contributed by atoms with Crippen LogP contribution < -0.4 is 4.72 Å². The molecule has 0 aliphatic carbocycles. The lowest BCUT2D eigenvalue weighted by molar-refractivity contribution is 0.0305. The molecule has 29 heavy (non-hydrogen) atoms. The fourth-order valence-electron chi connectivity index (χ4n) is 3.00. The molecule has 2 aromatic rings. The molecule has 0 saturated carbocycles. The Hall–Kier alpha value is -1.75. The number of sulfonamides is 1. The molecule has 1 aliphatic heterocycles. The first-order valence-electron chi connectivity index (χ1n) is 9.59. The summed E-state index contributed by atoms with van der Waals surface area (Å²) < 4.78 is 35.3. The molecule has 3 rings (SSSR count). The van der Waals surface area contributed by atoms with Gasteiger partial charge in [0.15, 0.2) is 0 Å². The molecule has 1 N–H and O–H groups in total. The molecule has 0 spiro atoms. The zero-order chi connectivity index (χ0) is 21.4. The van der Waals surface area contributed by atoms with E-state index in [1.54, 1.807) is 35.7 Å². The van der Waals surface area contributed by atoms with Gasteiger partial charge < -0.3 is 14.2 Å². The van der Waals surface area contributed by atoms with Crippen LogP contribution in [0, 0.1) is 6.92 Å². The summed E-state index contributed by atoms with van der Waals surface area (Å²) >= 11 is 1.29. The van der Waals surface area contributed by atoms with Crippen LogP contribution in [0.4, 0.5) is 0 Å². The first kappa shape index (κ1) is 21.9. The Labute approximate surface area is 175 Å². The van der Waals surface area contributed by atoms with Gasteiger partial charge in [0.1, 0.15) is 14.8 Å². The molecular weight excluding hydrogens is 412 g/mol. The van der Waals surface area contributed by atoms with Crippen molar-refractivity contribution in [2.24, 2.45) is 7.05 Å². The first-order chi connectivity index (χ1) is 13.5. The quantitative estimate of drug-likeness (QED) is 0.744. The van der Waals surface area contributed by atoms with Gasteiger partial charge in [-0.2, -0.15) is 0 Å². The minimum atomic E-state index is -3.66. The Morgan fingerprint density at radius 3 is 2.62 bits per heavy atom. The molecule has 0 radical (unpaired) electrons. The number of rotatable bonds is 6. The summed E-state index contributed by atoms with van der Waals surface area (Å²) in [7, 11) is -1.88. The molecule has 1 saturated heterocycles. The molecular formula is C19H28N4O4S2. The van der Waals surface area contributed by atoms with Crippen molar-refractivity contribution in [1.29, 1.82) is 0 Å². The maximum atomic E-state index is 12.8. The zero-order valence-electron chi connectivity index (χ0n) is 17.5. The van der Waals surface area contributed by atoms with Crippen LogP contribution >= 0.6 is 11.3 Å². The number of hydrogen-bond donors (Lipinski definition) is 1. The standard InChI is InChI=1S/C19H28N4O4S2/c1-6-19(3,4)21-29(25,26)14-11-15(22(5)12-14)17-20-13(2)16(28-17)18(24)23-7-9-27-10-8-23/h11-12,21H,6-10H2,1-5H3. The summed E-state index contributed by atoms with van der Waals surface area (Å²) in [4.78, 5) is 19.9. The van der Waals surface area contributed by atoms with E-state index in [2.05, 4.69) is 9.71 Å². The summed E-state index contributed by atoms with van der Waals surface area (Å²) in [5, 5.41) is 0.623. The van der Waals surface area contributed by atoms with E-state index in [1.165, 1.54) is 11.3 Å². The highest BCUT2D eigenvalue weighted by atomic mass is 32.2. The molecule has 10 heteroatoms. The number of nitrogens with one attached hydrogen (secondary N) is 1. The number of carbonyl (C=O) groups excluding carboxylic acids is 1. The van der Waals surface area contributed by atoms with Gasteiger partial charge in [0.2, 0.25) is 10.0 Å². The van der Waals surface area contributed by atoms with Crippen molar-refractivity contribution in [2.75, 3.05) is 26.3 Å². The minimum Gasteiger partial charge on any atom is -0.378 e. The van der Waals surface area contributed by atoms with Crippen LogP contribution in [-0.2, 0) is 21.8 Å². The number of amides is 1. The van der Waals surface area contributed by atoms with E-state index < -0.39 is 15.6 Å². The third-order valence-corrected chi connectivity index (χ3v) is 7.93. The molecule has 3 heterocycles. The van der Waals surface area contributed by atoms with Gasteiger partial charge in [0.25, 0.3) is 5.91 Å². The van der Waals surface area contributed by atoms with Gasteiger partial charge in [-0.05, 0) is 33.3 Å². The molecule has 0 aromatic carbocycles. The van der Waals surface area contributed by atoms with Crippen molar-refractivity contribution in [3.05, 3.63) is 22.8 Å². The van der Waals surface area contributed by atoms with Crippen LogP contribution in [-0.4, -0.2) is 60.6 Å². The van der Waals surface area contributed by atoms with E-state index in [9.17, 15) is 13.2 Å². The second-order valence-electron chi connectivity index (χ2n) is 7.85. The van der Waals surface area contributed by atoms with Crippen LogP contribution in [0.25, 0.3) is 10.7 Å². The Morgan fingerprint density at radius 1 is 1.34 bits per heavy atom. The Bertz CT molecular complexity index is 1000. The third kappa shape index (κ3) is 4.71. The first-order valence-corrected chi connectivity index (χ1v) is 11.9. The molecule has 0 atom stereocenters. The smallest absolute Gasteiger partial charge is 0.266 e. The molecule has 160 valence electrons. The Morgan fingerprint density at radius 2 is 2.00 bits per heavy atom. The minimum absolute atomic E-state index is 0.0528. The lowest BCUT2D eigenvalue weighted by Crippen LogP contribution is -2.42. The topological polar surface area (TPSA) is 93.5 Å². The summed E-state index contributed by atoms with van der Waals surface area (Å²) in [5.41, 5.74) is 0.774. The normalized spacial score (nSPS) is 15.7. The van der Waals surface area contributed by atoms with Crippen molar-refractivity contribution in [2.45, 2.75) is 44.6 Å². The van der Waals surface area contributed by atoms with Gasteiger partial charge in [-0.1, -0.05) is 6.92 Å². The molecule has 0 bridgehead atoms. The average Bonchev–Trinajstić information content (AvgIpc) is 3.24. The highest BCUT2D eigenvalue weighted by Gasteiger charge is 2.28. The van der Waals surface area contributed by atoms with Gasteiger partial charge in [0.05, 0.1) is 24.6 Å². The van der Waals surface area contributed by atoms with Crippen molar-refractivity contribution < 1.29 is 17.9 Å². The van der Waals surface area contributed by atoms with Gasteiger partial charge in [0, 0.05) is 31.9 Å². The van der Waals surface area contributed by atoms with Crippen LogP contribution in [0.3, 0.4) is 0 Å². The lowest BCUT2D eigenvalue weighted by Gasteiger charge is -2.26. The highest BCUT2D eigenvalue weighted by Crippen LogP contribution is 2.31. The lowest BCUT2D eigenvalue weighted by atomic mass is 10.0. The van der Waals surface area contributed by atoms with Crippen LogP contribution in [0.2, 0.25) is 0 Å². The third-order valence-electron chi connectivity index (χ3n) is 5.09. The number of aromatic nitrogens is 2. The van der Waals surface area contributed by atoms with Gasteiger partial charge in [-0.15, -0.1) is 11.3 Å². The van der Waals surface area contributed by atoms with Crippen molar-refractivity contribution in [3.63, 3.8) is 0 Å². The summed E-state index contributed by atoms with van der Waals surface area (Å²) in [5.74, 6) is -0.0528. The Kier molecular flexibility index (Phi) is 6.19. The van der Waals surface area contributed by atoms with Gasteiger partial charge in [-0.25, -0.2) is 18.1 Å². The maximum Gasteiger partial charge on any atom is 0.266 e. The Balaban J connectivity index is 1.90. The maximum absolute atomic E-state index is 12.8. The van der Waals surface area contributed by atoms with E-state index >= 15 is 0 Å². The largest absolute Gasteiger partial charge is 0.378 e. The molecule has 0 unspecified atom stereocenters. The van der Waals surface area contributed by atoms with Crippen LogP contribution in [0.1, 0.15) is 42.6 Å². The molecule has 8 nitrogen and oxygen atoms in total. The fourth-order valence-corrected chi connectivity index (χ4v) is 5.65. The number of nitrogens with zero attached hydrogens (tertiary/aromatic N) is 3. The molecule has 1 aliphatic rings. The fraction of sp³-hybridized carbons (Fsp3) is 0.579. The molecule has 2 aromatic heterocycles. The monoisotopic (exact) mass is 440 g/mol. The summed E-state index contributed by atoms with van der Waals surface area (Å²) in [6.45, 7) is 9.65. The van der Waals surface area contributed by atoms with E-state index in [1.807, 2.05) is 20.8 Å². The van der Waals surface area contributed by atoms with Crippen molar-refractivity contribution in [1.82, 2.24) is 19.2 Å².